The number of benzene rings is 1. The van der Waals surface area contributed by atoms with Crippen LogP contribution in [-0.2, 0) is 4.57 Å². The van der Waals surface area contributed by atoms with E-state index in [-0.39, 0.29) is 22.4 Å². The molecule has 1 aromatic carbocycles. The van der Waals surface area contributed by atoms with Gasteiger partial charge in [-0.05, 0) is 30.2 Å². The van der Waals surface area contributed by atoms with E-state index >= 15 is 0 Å². The maximum absolute atomic E-state index is 11.8. The lowest BCUT2D eigenvalue weighted by atomic mass is 10.1. The van der Waals surface area contributed by atoms with Crippen molar-refractivity contribution in [3.63, 3.8) is 0 Å². The van der Waals surface area contributed by atoms with Crippen LogP contribution in [0.2, 0.25) is 0 Å². The van der Waals surface area contributed by atoms with E-state index in [0.717, 1.165) is 6.20 Å². The Morgan fingerprint density at radius 3 is 2.65 bits per heavy atom. The molecule has 9 heteroatoms. The van der Waals surface area contributed by atoms with Crippen molar-refractivity contribution in [2.75, 3.05) is 12.4 Å². The van der Waals surface area contributed by atoms with E-state index in [1.54, 1.807) is 6.92 Å². The van der Waals surface area contributed by atoms with Gasteiger partial charge in [0.25, 0.3) is 0 Å². The van der Waals surface area contributed by atoms with E-state index in [9.17, 15) is 19.5 Å². The van der Waals surface area contributed by atoms with Crippen molar-refractivity contribution in [1.82, 2.24) is 9.97 Å². The molecular formula is C14H16N3O5P. The largest absolute Gasteiger partial charge is 0.504 e. The first-order valence-corrected chi connectivity index (χ1v) is 8.11. The quantitative estimate of drug-likeness (QED) is 0.611. The normalized spacial score (nSPS) is 12.1. The Balaban J connectivity index is 2.48. The van der Waals surface area contributed by atoms with Crippen LogP contribution < -0.4 is 10.1 Å². The fourth-order valence-corrected chi connectivity index (χ4v) is 2.60. The van der Waals surface area contributed by atoms with Gasteiger partial charge in [-0.1, -0.05) is 0 Å². The molecule has 2 aromatic rings. The fraction of sp³-hybridized carbons (Fsp3) is 0.143. The van der Waals surface area contributed by atoms with Crippen LogP contribution in [0.3, 0.4) is 0 Å². The van der Waals surface area contributed by atoms with Gasteiger partial charge in [0, 0.05) is 18.6 Å². The number of aryl methyl sites for hydroxylation is 1. The number of nitrogens with one attached hydrogen (secondary N) is 1. The number of nitrogens with zero attached hydrogens (tertiary/aromatic N) is 2. The number of ether oxygens (including phenoxy) is 1. The Kier molecular flexibility index (Phi) is 5.00. The summed E-state index contributed by atoms with van der Waals surface area (Å²) in [5.74, 6) is 0.378. The highest BCUT2D eigenvalue weighted by molar-refractivity contribution is 7.63. The lowest BCUT2D eigenvalue weighted by molar-refractivity contribution is 0.371. The number of anilines is 1. The molecule has 0 spiro atoms. The number of hydrogen-bond donors (Lipinski definition) is 4. The van der Waals surface area contributed by atoms with Crippen molar-refractivity contribution < 1.29 is 24.2 Å². The van der Waals surface area contributed by atoms with Gasteiger partial charge in [-0.3, -0.25) is 9.55 Å². The Hall–Kier alpha value is -2.41. The monoisotopic (exact) mass is 337 g/mol. The summed E-state index contributed by atoms with van der Waals surface area (Å²) in [6.07, 6.45) is 5.50. The second-order valence-electron chi connectivity index (χ2n) is 4.65. The molecule has 0 bridgehead atoms. The Labute approximate surface area is 132 Å². The van der Waals surface area contributed by atoms with Crippen molar-refractivity contribution in [1.29, 1.82) is 0 Å². The van der Waals surface area contributed by atoms with Crippen LogP contribution in [0.25, 0.3) is 5.31 Å². The molecule has 0 fully saturated rings. The minimum absolute atomic E-state index is 0.0804. The number of phenolic OH excluding ortho intramolecular Hbond substituents is 1. The van der Waals surface area contributed by atoms with Crippen molar-refractivity contribution in [3.8, 4) is 11.5 Å². The van der Waals surface area contributed by atoms with Crippen LogP contribution in [0, 0.1) is 6.92 Å². The van der Waals surface area contributed by atoms with Gasteiger partial charge in [-0.15, -0.1) is 0 Å². The summed E-state index contributed by atoms with van der Waals surface area (Å²) in [5.41, 5.74) is 0.653. The van der Waals surface area contributed by atoms with Crippen molar-refractivity contribution in [3.05, 3.63) is 48.1 Å². The highest BCUT2D eigenvalue weighted by Crippen LogP contribution is 2.52. The third-order valence-electron chi connectivity index (χ3n) is 3.01. The molecule has 0 amide bonds. The van der Waals surface area contributed by atoms with E-state index in [1.165, 1.54) is 37.8 Å². The maximum atomic E-state index is 11.8. The summed E-state index contributed by atoms with van der Waals surface area (Å²) in [4.78, 5) is 27.0. The molecule has 0 aliphatic carbocycles. The highest BCUT2D eigenvalue weighted by atomic mass is 31.2. The third kappa shape index (κ3) is 4.07. The van der Waals surface area contributed by atoms with Gasteiger partial charge in [-0.2, -0.15) is 0 Å². The number of aromatic hydroxyl groups is 1. The number of aromatic nitrogens is 2. The molecule has 122 valence electrons. The lowest BCUT2D eigenvalue weighted by Crippen LogP contribution is -1.97. The molecule has 23 heavy (non-hydrogen) atoms. The van der Waals surface area contributed by atoms with Crippen LogP contribution in [0.5, 0.6) is 11.5 Å². The molecule has 0 aliphatic rings. The minimum atomic E-state index is -4.59. The average molecular weight is 337 g/mol. The molecule has 4 N–H and O–H groups in total. The molecule has 1 aromatic heterocycles. The van der Waals surface area contributed by atoms with Crippen LogP contribution in [-0.4, -0.2) is 32.0 Å². The van der Waals surface area contributed by atoms with E-state index < -0.39 is 7.60 Å². The molecule has 1 heterocycles. The van der Waals surface area contributed by atoms with E-state index in [4.69, 9.17) is 4.74 Å². The van der Waals surface area contributed by atoms with Gasteiger partial charge in [0.15, 0.2) is 11.5 Å². The predicted octanol–water partition coefficient (Wildman–Crippen LogP) is 2.09. The molecule has 0 unspecified atom stereocenters. The van der Waals surface area contributed by atoms with Crippen LogP contribution >= 0.6 is 7.60 Å². The van der Waals surface area contributed by atoms with Crippen molar-refractivity contribution in [2.45, 2.75) is 6.92 Å². The Bertz CT molecular complexity index is 773. The number of methoxy groups -OCH3 is 1. The summed E-state index contributed by atoms with van der Waals surface area (Å²) in [7, 11) is -3.23. The summed E-state index contributed by atoms with van der Waals surface area (Å²) in [6.45, 7) is 1.61. The Morgan fingerprint density at radius 1 is 1.35 bits per heavy atom. The second-order valence-corrected chi connectivity index (χ2v) is 6.22. The summed E-state index contributed by atoms with van der Waals surface area (Å²) < 4.78 is 16.8. The molecule has 0 atom stereocenters. The van der Waals surface area contributed by atoms with Gasteiger partial charge in [0.2, 0.25) is 0 Å². The van der Waals surface area contributed by atoms with Gasteiger partial charge in [0.05, 0.1) is 18.6 Å². The second kappa shape index (κ2) is 6.78. The van der Waals surface area contributed by atoms with E-state index in [1.807, 2.05) is 0 Å². The number of hydrogen-bond acceptors (Lipinski definition) is 6. The molecule has 2 rings (SSSR count). The van der Waals surface area contributed by atoms with Crippen LogP contribution in [0.1, 0.15) is 11.1 Å². The molecule has 0 radical (unpaired) electrons. The first kappa shape index (κ1) is 17.0. The highest BCUT2D eigenvalue weighted by Gasteiger charge is 2.24. The SMILES string of the molecule is COc1cc(/C(=C\Nc2cnccn2)P(=O)(O)O)cc(C)c1O. The van der Waals surface area contributed by atoms with Gasteiger partial charge < -0.3 is 24.9 Å². The summed E-state index contributed by atoms with van der Waals surface area (Å²) >= 11 is 0. The zero-order chi connectivity index (χ0) is 17.0. The van der Waals surface area contributed by atoms with Crippen LogP contribution in [0.15, 0.2) is 36.9 Å². The molecule has 0 saturated carbocycles. The van der Waals surface area contributed by atoms with Crippen LogP contribution in [0.4, 0.5) is 5.82 Å². The smallest absolute Gasteiger partial charge is 0.358 e. The molecule has 8 nitrogen and oxygen atoms in total. The zero-order valence-corrected chi connectivity index (χ0v) is 13.4. The van der Waals surface area contributed by atoms with E-state index in [0.29, 0.717) is 11.4 Å². The first-order valence-electron chi connectivity index (χ1n) is 6.49. The van der Waals surface area contributed by atoms with Gasteiger partial charge in [0.1, 0.15) is 5.82 Å². The molecule has 0 aliphatic heterocycles. The summed E-state index contributed by atoms with van der Waals surface area (Å²) in [5, 5.41) is 12.3. The fourth-order valence-electron chi connectivity index (χ4n) is 1.90. The van der Waals surface area contributed by atoms with Crippen molar-refractivity contribution in [2.24, 2.45) is 0 Å². The van der Waals surface area contributed by atoms with Gasteiger partial charge >= 0.3 is 7.60 Å². The van der Waals surface area contributed by atoms with E-state index in [2.05, 4.69) is 15.3 Å². The third-order valence-corrected chi connectivity index (χ3v) is 4.03. The Morgan fingerprint density at radius 2 is 2.09 bits per heavy atom. The zero-order valence-electron chi connectivity index (χ0n) is 12.5. The average Bonchev–Trinajstić information content (AvgIpc) is 2.50. The minimum Gasteiger partial charge on any atom is -0.504 e. The van der Waals surface area contributed by atoms with Crippen molar-refractivity contribution >= 4 is 18.7 Å². The standard InChI is InChI=1S/C14H16N3O5P/c1-9-5-10(6-11(22-2)14(9)18)12(23(19,20)21)7-17-13-8-15-3-4-16-13/h3-8,18H,1-2H3,(H,16,17)(H2,19,20,21)/b12-7+. The number of phenols is 1. The number of rotatable bonds is 5. The molecule has 0 saturated heterocycles. The first-order chi connectivity index (χ1) is 10.8. The molecular weight excluding hydrogens is 321 g/mol. The lowest BCUT2D eigenvalue weighted by Gasteiger charge is -2.14. The van der Waals surface area contributed by atoms with Gasteiger partial charge in [-0.25, -0.2) is 4.98 Å². The predicted molar refractivity (Wildman–Crippen MR) is 85.1 cm³/mol. The summed E-state index contributed by atoms with van der Waals surface area (Å²) in [6, 6.07) is 2.81. The maximum Gasteiger partial charge on any atom is 0.358 e. The topological polar surface area (TPSA) is 125 Å².